The molecule has 1 amide bonds. The fraction of sp³-hybridized carbons (Fsp3) is 0.458. The maximum absolute atomic E-state index is 13.4. The van der Waals surface area contributed by atoms with Gasteiger partial charge in [0.25, 0.3) is 5.56 Å². The van der Waals surface area contributed by atoms with Gasteiger partial charge in [-0.2, -0.15) is 0 Å². The first-order chi connectivity index (χ1) is 14.6. The highest BCUT2D eigenvalue weighted by molar-refractivity contribution is 7.18. The Morgan fingerprint density at radius 1 is 1.35 bits per heavy atom. The van der Waals surface area contributed by atoms with Gasteiger partial charge in [0.05, 0.1) is 11.7 Å². The van der Waals surface area contributed by atoms with Crippen molar-refractivity contribution in [2.24, 2.45) is 11.3 Å². The number of benzene rings is 1. The van der Waals surface area contributed by atoms with E-state index < -0.39 is 6.04 Å². The summed E-state index contributed by atoms with van der Waals surface area (Å²) in [5.41, 5.74) is 2.68. The molecule has 0 saturated carbocycles. The molecule has 1 aliphatic rings. The average molecular weight is 458 g/mol. The molecule has 7 heteroatoms. The zero-order valence-corrected chi connectivity index (χ0v) is 20.2. The lowest BCUT2D eigenvalue weighted by molar-refractivity contribution is -0.118. The average Bonchev–Trinajstić information content (AvgIpc) is 3.09. The third-order valence-corrected chi connectivity index (χ3v) is 8.11. The first kappa shape index (κ1) is 22.0. The summed E-state index contributed by atoms with van der Waals surface area (Å²) in [7, 11) is 0. The van der Waals surface area contributed by atoms with Crippen molar-refractivity contribution >= 4 is 44.7 Å². The summed E-state index contributed by atoms with van der Waals surface area (Å²) in [5, 5.41) is 4.17. The van der Waals surface area contributed by atoms with Crippen molar-refractivity contribution in [3.05, 3.63) is 55.9 Å². The Labute approximate surface area is 191 Å². The van der Waals surface area contributed by atoms with Gasteiger partial charge in [0, 0.05) is 15.6 Å². The van der Waals surface area contributed by atoms with Crippen LogP contribution in [-0.4, -0.2) is 15.5 Å². The molecular formula is C24H28ClN3O2S. The lowest BCUT2D eigenvalue weighted by atomic mass is 9.72. The second-order valence-electron chi connectivity index (χ2n) is 9.52. The Morgan fingerprint density at radius 3 is 2.81 bits per heavy atom. The largest absolute Gasteiger partial charge is 0.324 e. The molecule has 1 aliphatic carbocycles. The van der Waals surface area contributed by atoms with Crippen molar-refractivity contribution in [1.82, 2.24) is 9.55 Å². The van der Waals surface area contributed by atoms with E-state index in [4.69, 9.17) is 11.6 Å². The van der Waals surface area contributed by atoms with Crippen molar-refractivity contribution in [3.63, 3.8) is 0 Å². The molecule has 3 aromatic rings. The first-order valence-corrected chi connectivity index (χ1v) is 11.8. The van der Waals surface area contributed by atoms with Crippen LogP contribution in [0.25, 0.3) is 10.2 Å². The van der Waals surface area contributed by atoms with Gasteiger partial charge >= 0.3 is 0 Å². The maximum atomic E-state index is 13.4. The van der Waals surface area contributed by atoms with Gasteiger partial charge in [-0.05, 0) is 67.7 Å². The Kier molecular flexibility index (Phi) is 5.73. The normalized spacial score (nSPS) is 17.4. The Hall–Kier alpha value is -2.18. The van der Waals surface area contributed by atoms with Crippen LogP contribution in [0.15, 0.2) is 29.3 Å². The first-order valence-electron chi connectivity index (χ1n) is 10.6. The van der Waals surface area contributed by atoms with E-state index in [-0.39, 0.29) is 16.9 Å². The molecule has 0 saturated heterocycles. The minimum absolute atomic E-state index is 0.137. The van der Waals surface area contributed by atoms with Gasteiger partial charge < -0.3 is 5.32 Å². The highest BCUT2D eigenvalue weighted by Crippen LogP contribution is 2.42. The number of hydrogen-bond donors (Lipinski definition) is 1. The van der Waals surface area contributed by atoms with Crippen molar-refractivity contribution in [2.75, 3.05) is 5.32 Å². The molecule has 2 atom stereocenters. The molecule has 0 fully saturated rings. The number of anilines is 1. The van der Waals surface area contributed by atoms with Crippen LogP contribution >= 0.6 is 22.9 Å². The molecule has 31 heavy (non-hydrogen) atoms. The second kappa shape index (κ2) is 8.06. The SMILES string of the molecule is Cc1c(Cl)cccc1NC(=O)C(C)n1cnc2sc3c(c2c1=O)CCC(C(C)(C)C)C3. The quantitative estimate of drug-likeness (QED) is 0.542. The van der Waals surface area contributed by atoms with Gasteiger partial charge in [-0.15, -0.1) is 11.3 Å². The summed E-state index contributed by atoms with van der Waals surface area (Å²) in [6.45, 7) is 10.4. The predicted molar refractivity (Wildman–Crippen MR) is 128 cm³/mol. The Balaban J connectivity index is 1.66. The number of nitrogens with one attached hydrogen (secondary N) is 1. The van der Waals surface area contributed by atoms with Crippen molar-refractivity contribution in [3.8, 4) is 0 Å². The molecule has 0 spiro atoms. The summed E-state index contributed by atoms with van der Waals surface area (Å²) in [6, 6.07) is 4.68. The summed E-state index contributed by atoms with van der Waals surface area (Å²) in [4.78, 5) is 32.9. The lowest BCUT2D eigenvalue weighted by Crippen LogP contribution is -2.32. The van der Waals surface area contributed by atoms with Crippen molar-refractivity contribution in [1.29, 1.82) is 0 Å². The van der Waals surface area contributed by atoms with Crippen molar-refractivity contribution in [2.45, 2.75) is 59.9 Å². The van der Waals surface area contributed by atoms with E-state index in [0.29, 0.717) is 22.0 Å². The minimum atomic E-state index is -0.691. The molecule has 2 heterocycles. The topological polar surface area (TPSA) is 64.0 Å². The zero-order chi connectivity index (χ0) is 22.5. The lowest BCUT2D eigenvalue weighted by Gasteiger charge is -2.33. The number of amides is 1. The van der Waals surface area contributed by atoms with Crippen LogP contribution < -0.4 is 10.9 Å². The van der Waals surface area contributed by atoms with Crippen LogP contribution in [0.4, 0.5) is 5.69 Å². The van der Waals surface area contributed by atoms with Gasteiger partial charge in [-0.3, -0.25) is 14.2 Å². The molecule has 0 bridgehead atoms. The standard InChI is InChI=1S/C24H28ClN3O2S/c1-13-17(25)7-6-8-18(13)27-21(29)14(2)28-12-26-22-20(23(28)30)16-10-9-15(24(3,4)5)11-19(16)31-22/h6-8,12,14-15H,9-11H2,1-5H3,(H,27,29). The number of hydrogen-bond acceptors (Lipinski definition) is 4. The molecule has 5 nitrogen and oxygen atoms in total. The summed E-state index contributed by atoms with van der Waals surface area (Å²) < 4.78 is 1.44. The van der Waals surface area contributed by atoms with E-state index in [9.17, 15) is 9.59 Å². The van der Waals surface area contributed by atoms with Gasteiger partial charge in [-0.25, -0.2) is 4.98 Å². The number of aryl methyl sites for hydroxylation is 1. The van der Waals surface area contributed by atoms with Crippen LogP contribution in [0.3, 0.4) is 0 Å². The number of carbonyl (C=O) groups is 1. The molecule has 2 aromatic heterocycles. The number of rotatable bonds is 3. The van der Waals surface area contributed by atoms with Crippen LogP contribution in [0.2, 0.25) is 5.02 Å². The number of aromatic nitrogens is 2. The number of thiophene rings is 1. The number of fused-ring (bicyclic) bond motifs is 3. The smallest absolute Gasteiger partial charge is 0.263 e. The third-order valence-electron chi connectivity index (χ3n) is 6.54. The van der Waals surface area contributed by atoms with Gasteiger partial charge in [0.1, 0.15) is 10.9 Å². The number of nitrogens with zero attached hydrogens (tertiary/aromatic N) is 2. The summed E-state index contributed by atoms with van der Waals surface area (Å²) in [6.07, 6.45) is 4.45. The van der Waals surface area contributed by atoms with E-state index in [1.807, 2.05) is 6.92 Å². The summed E-state index contributed by atoms with van der Waals surface area (Å²) >= 11 is 7.79. The van der Waals surface area contributed by atoms with Gasteiger partial charge in [0.2, 0.25) is 5.91 Å². The second-order valence-corrected chi connectivity index (χ2v) is 11.0. The highest BCUT2D eigenvalue weighted by atomic mass is 35.5. The Bertz CT molecular complexity index is 1220. The molecule has 2 unspecified atom stereocenters. The fourth-order valence-corrected chi connectivity index (χ4v) is 5.73. The molecule has 1 aromatic carbocycles. The van der Waals surface area contributed by atoms with Crippen molar-refractivity contribution < 1.29 is 4.79 Å². The molecule has 164 valence electrons. The highest BCUT2D eigenvalue weighted by Gasteiger charge is 2.32. The van der Waals surface area contributed by atoms with Gasteiger partial charge in [-0.1, -0.05) is 38.4 Å². The maximum Gasteiger partial charge on any atom is 0.263 e. The van der Waals surface area contributed by atoms with E-state index >= 15 is 0 Å². The van der Waals surface area contributed by atoms with E-state index in [1.54, 1.807) is 36.5 Å². The fourth-order valence-electron chi connectivity index (χ4n) is 4.30. The van der Waals surface area contributed by atoms with E-state index in [1.165, 1.54) is 15.8 Å². The predicted octanol–water partition coefficient (Wildman–Crippen LogP) is 5.77. The molecular weight excluding hydrogens is 430 g/mol. The Morgan fingerprint density at radius 2 is 2.10 bits per heavy atom. The van der Waals surface area contributed by atoms with E-state index in [0.717, 1.165) is 35.2 Å². The molecule has 4 rings (SSSR count). The number of halogens is 1. The molecule has 0 radical (unpaired) electrons. The summed E-state index contributed by atoms with van der Waals surface area (Å²) in [5.74, 6) is 0.325. The monoisotopic (exact) mass is 457 g/mol. The zero-order valence-electron chi connectivity index (χ0n) is 18.6. The van der Waals surface area contributed by atoms with Crippen LogP contribution in [0.1, 0.15) is 56.2 Å². The van der Waals surface area contributed by atoms with Crippen LogP contribution in [0, 0.1) is 18.3 Å². The molecule has 0 aliphatic heterocycles. The van der Waals surface area contributed by atoms with Gasteiger partial charge in [0.15, 0.2) is 0 Å². The number of carbonyl (C=O) groups excluding carboxylic acids is 1. The molecule has 1 N–H and O–H groups in total. The van der Waals surface area contributed by atoms with Crippen LogP contribution in [-0.2, 0) is 17.6 Å². The third kappa shape index (κ3) is 4.03. The van der Waals surface area contributed by atoms with E-state index in [2.05, 4.69) is 31.1 Å². The van der Waals surface area contributed by atoms with Crippen LogP contribution in [0.5, 0.6) is 0 Å². The minimum Gasteiger partial charge on any atom is -0.324 e.